The zero-order valence-corrected chi connectivity index (χ0v) is 14.8. The molecule has 1 rings (SSSR count). The standard InChI is InChI=1S/C18H24N4O4/c1-3-13(12-18(25)26-4-2)22-17(24)9-8-16(23)20-11-10-14-6-5-7-15(19)21-14/h1,5-7,13H,4,8-12H2,2H3,(H2,19,21)(H,20,23)(H,22,24). The van der Waals surface area contributed by atoms with Crippen LogP contribution in [0.2, 0.25) is 0 Å². The van der Waals surface area contributed by atoms with Gasteiger partial charge in [-0.1, -0.05) is 12.0 Å². The van der Waals surface area contributed by atoms with Crippen LogP contribution in [-0.2, 0) is 25.5 Å². The lowest BCUT2D eigenvalue weighted by Crippen LogP contribution is -2.36. The predicted molar refractivity (Wildman–Crippen MR) is 96.6 cm³/mol. The third-order valence-electron chi connectivity index (χ3n) is 3.32. The van der Waals surface area contributed by atoms with E-state index in [4.69, 9.17) is 16.9 Å². The normalized spacial score (nSPS) is 11.1. The number of esters is 1. The molecule has 0 saturated heterocycles. The fourth-order valence-electron chi connectivity index (χ4n) is 2.09. The van der Waals surface area contributed by atoms with Crippen LogP contribution < -0.4 is 16.4 Å². The number of pyridine rings is 1. The Balaban J connectivity index is 2.25. The molecule has 1 aromatic rings. The number of rotatable bonds is 10. The summed E-state index contributed by atoms with van der Waals surface area (Å²) in [6.45, 7) is 2.32. The Morgan fingerprint density at radius 2 is 2.04 bits per heavy atom. The number of hydrogen-bond donors (Lipinski definition) is 3. The fourth-order valence-corrected chi connectivity index (χ4v) is 2.09. The number of ether oxygens (including phenoxy) is 1. The number of hydrogen-bond acceptors (Lipinski definition) is 6. The van der Waals surface area contributed by atoms with E-state index in [1.807, 2.05) is 6.07 Å². The molecule has 4 N–H and O–H groups in total. The highest BCUT2D eigenvalue weighted by Gasteiger charge is 2.15. The van der Waals surface area contributed by atoms with Crippen molar-refractivity contribution in [2.75, 3.05) is 18.9 Å². The summed E-state index contributed by atoms with van der Waals surface area (Å²) in [5, 5.41) is 5.23. The minimum atomic E-state index is -0.751. The molecule has 0 spiro atoms. The maximum Gasteiger partial charge on any atom is 0.308 e. The summed E-state index contributed by atoms with van der Waals surface area (Å²) in [6, 6.07) is 4.55. The number of nitrogen functional groups attached to an aromatic ring is 1. The second-order valence-corrected chi connectivity index (χ2v) is 5.45. The molecule has 0 bridgehead atoms. The number of nitrogens with zero attached hydrogens (tertiary/aromatic N) is 1. The van der Waals surface area contributed by atoms with Crippen LogP contribution in [0.15, 0.2) is 18.2 Å². The zero-order valence-electron chi connectivity index (χ0n) is 14.8. The third-order valence-corrected chi connectivity index (χ3v) is 3.32. The SMILES string of the molecule is C#CC(CC(=O)OCC)NC(=O)CCC(=O)NCCc1cccc(N)n1. The number of carbonyl (C=O) groups excluding carboxylic acids is 3. The molecule has 1 aromatic heterocycles. The van der Waals surface area contributed by atoms with E-state index >= 15 is 0 Å². The summed E-state index contributed by atoms with van der Waals surface area (Å²) in [6.07, 6.45) is 5.72. The number of nitrogens with one attached hydrogen (secondary N) is 2. The largest absolute Gasteiger partial charge is 0.466 e. The highest BCUT2D eigenvalue weighted by atomic mass is 16.5. The summed E-state index contributed by atoms with van der Waals surface area (Å²) in [4.78, 5) is 39.1. The Hall–Kier alpha value is -3.08. The molecule has 0 aliphatic heterocycles. The fraction of sp³-hybridized carbons (Fsp3) is 0.444. The first-order valence-electron chi connectivity index (χ1n) is 8.33. The third kappa shape index (κ3) is 8.68. The molecule has 140 valence electrons. The van der Waals surface area contributed by atoms with Crippen LogP contribution in [0, 0.1) is 12.3 Å². The monoisotopic (exact) mass is 360 g/mol. The summed E-state index contributed by atoms with van der Waals surface area (Å²) in [5.41, 5.74) is 6.36. The number of amides is 2. The molecular weight excluding hydrogens is 336 g/mol. The van der Waals surface area contributed by atoms with Crippen LogP contribution in [0.25, 0.3) is 0 Å². The van der Waals surface area contributed by atoms with E-state index in [9.17, 15) is 14.4 Å². The second kappa shape index (κ2) is 11.5. The van der Waals surface area contributed by atoms with Crippen molar-refractivity contribution in [2.24, 2.45) is 0 Å². The van der Waals surface area contributed by atoms with E-state index in [0.29, 0.717) is 18.8 Å². The van der Waals surface area contributed by atoms with E-state index < -0.39 is 17.9 Å². The molecule has 0 aromatic carbocycles. The lowest BCUT2D eigenvalue weighted by molar-refractivity contribution is -0.143. The average molecular weight is 360 g/mol. The van der Waals surface area contributed by atoms with Crippen LogP contribution in [0.4, 0.5) is 5.82 Å². The van der Waals surface area contributed by atoms with Gasteiger partial charge in [-0.05, 0) is 19.1 Å². The van der Waals surface area contributed by atoms with E-state index in [1.165, 1.54) is 0 Å². The topological polar surface area (TPSA) is 123 Å². The first-order chi connectivity index (χ1) is 12.4. The Morgan fingerprint density at radius 1 is 1.31 bits per heavy atom. The van der Waals surface area contributed by atoms with Gasteiger partial charge in [-0.2, -0.15) is 0 Å². The highest BCUT2D eigenvalue weighted by molar-refractivity contribution is 5.84. The van der Waals surface area contributed by atoms with Gasteiger partial charge in [0.05, 0.1) is 13.0 Å². The average Bonchev–Trinajstić information content (AvgIpc) is 2.59. The van der Waals surface area contributed by atoms with Gasteiger partial charge in [0, 0.05) is 31.5 Å². The minimum Gasteiger partial charge on any atom is -0.466 e. The lowest BCUT2D eigenvalue weighted by Gasteiger charge is -2.12. The van der Waals surface area contributed by atoms with Crippen molar-refractivity contribution in [3.63, 3.8) is 0 Å². The van der Waals surface area contributed by atoms with Crippen molar-refractivity contribution >= 4 is 23.6 Å². The molecule has 8 heteroatoms. The molecule has 0 fully saturated rings. The van der Waals surface area contributed by atoms with Gasteiger partial charge in [-0.25, -0.2) is 4.98 Å². The molecule has 0 saturated carbocycles. The molecule has 1 atom stereocenters. The lowest BCUT2D eigenvalue weighted by atomic mass is 10.2. The van der Waals surface area contributed by atoms with Crippen molar-refractivity contribution in [3.05, 3.63) is 23.9 Å². The molecule has 1 unspecified atom stereocenters. The zero-order chi connectivity index (χ0) is 19.4. The molecular formula is C18H24N4O4. The van der Waals surface area contributed by atoms with Crippen molar-refractivity contribution in [3.8, 4) is 12.3 Å². The number of terminal acetylenes is 1. The molecule has 2 amide bonds. The van der Waals surface area contributed by atoms with Crippen LogP contribution in [0.5, 0.6) is 0 Å². The number of aromatic nitrogens is 1. The van der Waals surface area contributed by atoms with Crippen molar-refractivity contribution in [1.29, 1.82) is 0 Å². The van der Waals surface area contributed by atoms with Gasteiger partial charge in [0.15, 0.2) is 0 Å². The molecule has 0 radical (unpaired) electrons. The maximum atomic E-state index is 11.8. The summed E-state index contributed by atoms with van der Waals surface area (Å²) < 4.78 is 4.78. The number of anilines is 1. The molecule has 8 nitrogen and oxygen atoms in total. The Morgan fingerprint density at radius 3 is 2.69 bits per heavy atom. The molecule has 0 aliphatic carbocycles. The van der Waals surface area contributed by atoms with E-state index in [2.05, 4.69) is 21.5 Å². The van der Waals surface area contributed by atoms with Crippen molar-refractivity contribution < 1.29 is 19.1 Å². The summed E-state index contributed by atoms with van der Waals surface area (Å²) in [5.74, 6) is 1.60. The summed E-state index contributed by atoms with van der Waals surface area (Å²) in [7, 11) is 0. The van der Waals surface area contributed by atoms with Crippen LogP contribution in [-0.4, -0.2) is 42.0 Å². The first kappa shape index (κ1) is 21.0. The van der Waals surface area contributed by atoms with Crippen LogP contribution in [0.1, 0.15) is 31.9 Å². The Kier molecular flexibility index (Phi) is 9.25. The Labute approximate surface area is 152 Å². The summed E-state index contributed by atoms with van der Waals surface area (Å²) >= 11 is 0. The minimum absolute atomic E-state index is 0.0207. The van der Waals surface area contributed by atoms with Crippen LogP contribution in [0.3, 0.4) is 0 Å². The van der Waals surface area contributed by atoms with E-state index in [1.54, 1.807) is 19.1 Å². The van der Waals surface area contributed by atoms with E-state index in [-0.39, 0.29) is 31.8 Å². The van der Waals surface area contributed by atoms with Gasteiger partial charge in [-0.15, -0.1) is 6.42 Å². The van der Waals surface area contributed by atoms with Gasteiger partial charge in [0.2, 0.25) is 11.8 Å². The highest BCUT2D eigenvalue weighted by Crippen LogP contribution is 2.01. The number of carbonyl (C=O) groups is 3. The number of nitrogens with two attached hydrogens (primary N) is 1. The van der Waals surface area contributed by atoms with Crippen LogP contribution >= 0.6 is 0 Å². The van der Waals surface area contributed by atoms with E-state index in [0.717, 1.165) is 5.69 Å². The molecule has 0 aliphatic rings. The predicted octanol–water partition coefficient (Wildman–Crippen LogP) is 0.174. The molecule has 26 heavy (non-hydrogen) atoms. The van der Waals surface area contributed by atoms with Gasteiger partial charge < -0.3 is 21.1 Å². The van der Waals surface area contributed by atoms with Gasteiger partial charge in [0.25, 0.3) is 0 Å². The van der Waals surface area contributed by atoms with Crippen molar-refractivity contribution in [1.82, 2.24) is 15.6 Å². The smallest absolute Gasteiger partial charge is 0.308 e. The van der Waals surface area contributed by atoms with Gasteiger partial charge in [-0.3, -0.25) is 14.4 Å². The maximum absolute atomic E-state index is 11.8. The Bertz CT molecular complexity index is 669. The second-order valence-electron chi connectivity index (χ2n) is 5.45. The first-order valence-corrected chi connectivity index (χ1v) is 8.33. The quantitative estimate of drug-likeness (QED) is 0.404. The van der Waals surface area contributed by atoms with Crippen molar-refractivity contribution in [2.45, 2.75) is 38.6 Å². The van der Waals surface area contributed by atoms with Gasteiger partial charge in [0.1, 0.15) is 11.9 Å². The van der Waals surface area contributed by atoms with Gasteiger partial charge >= 0.3 is 5.97 Å². The molecule has 1 heterocycles.